The quantitative estimate of drug-likeness (QED) is 0.890. The molecule has 0 saturated carbocycles. The fraction of sp³-hybridized carbons (Fsp3) is 0.312. The molecule has 2 rings (SSSR count). The van der Waals surface area contributed by atoms with Gasteiger partial charge >= 0.3 is 0 Å². The van der Waals surface area contributed by atoms with E-state index in [-0.39, 0.29) is 5.56 Å². The lowest BCUT2D eigenvalue weighted by molar-refractivity contribution is 0.309. The van der Waals surface area contributed by atoms with Crippen LogP contribution < -0.4 is 5.73 Å². The van der Waals surface area contributed by atoms with Gasteiger partial charge < -0.3 is 10.6 Å². The molecule has 1 atom stereocenters. The van der Waals surface area contributed by atoms with Crippen LogP contribution in [0.2, 0.25) is 0 Å². The molecule has 0 saturated heterocycles. The lowest BCUT2D eigenvalue weighted by Gasteiger charge is -2.20. The topological polar surface area (TPSA) is 42.1 Å². The van der Waals surface area contributed by atoms with Gasteiger partial charge in [-0.3, -0.25) is 4.98 Å². The number of halogens is 2. The van der Waals surface area contributed by atoms with Crippen molar-refractivity contribution in [1.82, 2.24) is 9.88 Å². The summed E-state index contributed by atoms with van der Waals surface area (Å²) in [6.07, 6.45) is 4.09. The highest BCUT2D eigenvalue weighted by atomic mass is 19.2. The number of hydrogen-bond acceptors (Lipinski definition) is 3. The highest BCUT2D eigenvalue weighted by molar-refractivity contribution is 5.22. The van der Waals surface area contributed by atoms with E-state index in [2.05, 4.69) is 9.88 Å². The largest absolute Gasteiger partial charge is 0.324 e. The predicted molar refractivity (Wildman–Crippen MR) is 78.5 cm³/mol. The summed E-state index contributed by atoms with van der Waals surface area (Å²) < 4.78 is 26.8. The lowest BCUT2D eigenvalue weighted by atomic mass is 10.0. The molecule has 0 fully saturated rings. The minimum Gasteiger partial charge on any atom is -0.324 e. The smallest absolute Gasteiger partial charge is 0.163 e. The van der Waals surface area contributed by atoms with E-state index in [1.54, 1.807) is 6.20 Å². The zero-order chi connectivity index (χ0) is 15.2. The SMILES string of the molecule is CN(CCC(N)c1cccc(F)c1F)Cc1cccnc1. The number of nitrogens with two attached hydrogens (primary N) is 1. The molecule has 0 aliphatic carbocycles. The second-order valence-corrected chi connectivity index (χ2v) is 5.14. The Morgan fingerprint density at radius 3 is 2.76 bits per heavy atom. The van der Waals surface area contributed by atoms with E-state index in [0.29, 0.717) is 13.0 Å². The van der Waals surface area contributed by atoms with Crippen molar-refractivity contribution in [3.63, 3.8) is 0 Å². The van der Waals surface area contributed by atoms with Crippen LogP contribution in [0, 0.1) is 11.6 Å². The Morgan fingerprint density at radius 1 is 1.24 bits per heavy atom. The van der Waals surface area contributed by atoms with Crippen molar-refractivity contribution >= 4 is 0 Å². The molecule has 3 nitrogen and oxygen atoms in total. The Hall–Kier alpha value is -1.85. The maximum absolute atomic E-state index is 13.6. The van der Waals surface area contributed by atoms with Crippen LogP contribution in [0.25, 0.3) is 0 Å². The van der Waals surface area contributed by atoms with Crippen molar-refractivity contribution in [2.24, 2.45) is 5.73 Å². The van der Waals surface area contributed by atoms with Crippen molar-refractivity contribution in [3.05, 3.63) is 65.5 Å². The Balaban J connectivity index is 1.89. The first kappa shape index (κ1) is 15.5. The summed E-state index contributed by atoms with van der Waals surface area (Å²) in [6, 6.07) is 7.47. The van der Waals surface area contributed by atoms with Gasteiger partial charge in [0.05, 0.1) is 0 Å². The summed E-state index contributed by atoms with van der Waals surface area (Å²) in [7, 11) is 1.96. The van der Waals surface area contributed by atoms with Gasteiger partial charge in [0.15, 0.2) is 11.6 Å². The van der Waals surface area contributed by atoms with Crippen LogP contribution >= 0.6 is 0 Å². The first-order valence-electron chi connectivity index (χ1n) is 6.85. The van der Waals surface area contributed by atoms with Gasteiger partial charge in [0.1, 0.15) is 0 Å². The number of pyridine rings is 1. The van der Waals surface area contributed by atoms with Gasteiger partial charge in [0.25, 0.3) is 0 Å². The summed E-state index contributed by atoms with van der Waals surface area (Å²) in [4.78, 5) is 6.14. The predicted octanol–water partition coefficient (Wildman–Crippen LogP) is 2.88. The zero-order valence-corrected chi connectivity index (χ0v) is 12.0. The van der Waals surface area contributed by atoms with E-state index >= 15 is 0 Å². The van der Waals surface area contributed by atoms with Gasteiger partial charge in [0.2, 0.25) is 0 Å². The molecule has 0 aliphatic rings. The van der Waals surface area contributed by atoms with Crippen LogP contribution in [0.5, 0.6) is 0 Å². The van der Waals surface area contributed by atoms with Crippen LogP contribution in [0.1, 0.15) is 23.6 Å². The molecule has 0 aliphatic heterocycles. The maximum atomic E-state index is 13.6. The van der Waals surface area contributed by atoms with Gasteiger partial charge in [-0.25, -0.2) is 8.78 Å². The number of nitrogens with zero attached hydrogens (tertiary/aromatic N) is 2. The Labute approximate surface area is 123 Å². The van der Waals surface area contributed by atoms with Crippen LogP contribution in [-0.2, 0) is 6.54 Å². The highest BCUT2D eigenvalue weighted by Crippen LogP contribution is 2.20. The van der Waals surface area contributed by atoms with Crippen LogP contribution in [0.4, 0.5) is 8.78 Å². The molecule has 0 radical (unpaired) electrons. The Morgan fingerprint density at radius 2 is 2.05 bits per heavy atom. The fourth-order valence-electron chi connectivity index (χ4n) is 2.20. The Kier molecular flexibility index (Phi) is 5.36. The third kappa shape index (κ3) is 4.31. The maximum Gasteiger partial charge on any atom is 0.163 e. The van der Waals surface area contributed by atoms with Gasteiger partial charge in [-0.15, -0.1) is 0 Å². The molecule has 1 aromatic carbocycles. The number of hydrogen-bond donors (Lipinski definition) is 1. The summed E-state index contributed by atoms with van der Waals surface area (Å²) in [6.45, 7) is 1.43. The van der Waals surface area contributed by atoms with Crippen LogP contribution in [0.3, 0.4) is 0 Å². The molecule has 0 spiro atoms. The molecule has 2 aromatic rings. The van der Waals surface area contributed by atoms with Crippen molar-refractivity contribution < 1.29 is 8.78 Å². The van der Waals surface area contributed by atoms with Gasteiger partial charge in [-0.1, -0.05) is 18.2 Å². The van der Waals surface area contributed by atoms with Gasteiger partial charge in [0, 0.05) is 30.5 Å². The Bertz CT molecular complexity index is 575. The van der Waals surface area contributed by atoms with Crippen molar-refractivity contribution in [1.29, 1.82) is 0 Å². The third-order valence-corrected chi connectivity index (χ3v) is 3.38. The highest BCUT2D eigenvalue weighted by Gasteiger charge is 2.15. The molecule has 1 aromatic heterocycles. The van der Waals surface area contributed by atoms with E-state index in [4.69, 9.17) is 5.73 Å². The fourth-order valence-corrected chi connectivity index (χ4v) is 2.20. The van der Waals surface area contributed by atoms with E-state index < -0.39 is 17.7 Å². The monoisotopic (exact) mass is 291 g/mol. The molecule has 2 N–H and O–H groups in total. The second-order valence-electron chi connectivity index (χ2n) is 5.14. The first-order chi connectivity index (χ1) is 10.1. The van der Waals surface area contributed by atoms with Crippen molar-refractivity contribution in [2.45, 2.75) is 19.0 Å². The van der Waals surface area contributed by atoms with Crippen molar-refractivity contribution in [2.75, 3.05) is 13.6 Å². The van der Waals surface area contributed by atoms with Crippen LogP contribution in [-0.4, -0.2) is 23.5 Å². The lowest BCUT2D eigenvalue weighted by Crippen LogP contribution is -2.24. The number of aromatic nitrogens is 1. The summed E-state index contributed by atoms with van der Waals surface area (Å²) >= 11 is 0. The minimum atomic E-state index is -0.855. The molecule has 1 heterocycles. The van der Waals surface area contributed by atoms with Crippen LogP contribution in [0.15, 0.2) is 42.7 Å². The summed E-state index contributed by atoms with van der Waals surface area (Å²) in [5.74, 6) is -1.70. The minimum absolute atomic E-state index is 0.227. The molecule has 0 bridgehead atoms. The third-order valence-electron chi connectivity index (χ3n) is 3.38. The summed E-state index contributed by atoms with van der Waals surface area (Å²) in [5, 5.41) is 0. The molecular formula is C16H19F2N3. The normalized spacial score (nSPS) is 12.6. The van der Waals surface area contributed by atoms with E-state index in [1.165, 1.54) is 12.1 Å². The summed E-state index contributed by atoms with van der Waals surface area (Å²) in [5.41, 5.74) is 7.29. The number of rotatable bonds is 6. The zero-order valence-electron chi connectivity index (χ0n) is 12.0. The second kappa shape index (κ2) is 7.24. The average Bonchev–Trinajstić information content (AvgIpc) is 2.48. The molecule has 1 unspecified atom stereocenters. The van der Waals surface area contributed by atoms with E-state index in [1.807, 2.05) is 25.4 Å². The van der Waals surface area contributed by atoms with Gasteiger partial charge in [-0.2, -0.15) is 0 Å². The molecule has 21 heavy (non-hydrogen) atoms. The van der Waals surface area contributed by atoms with E-state index in [9.17, 15) is 8.78 Å². The van der Waals surface area contributed by atoms with E-state index in [0.717, 1.165) is 18.2 Å². The number of benzene rings is 1. The molecule has 0 amide bonds. The first-order valence-corrected chi connectivity index (χ1v) is 6.85. The standard InChI is InChI=1S/C16H19F2N3/c1-21(11-12-4-3-8-20-10-12)9-7-15(19)13-5-2-6-14(17)16(13)18/h2-6,8,10,15H,7,9,11,19H2,1H3. The molecular weight excluding hydrogens is 272 g/mol. The molecule has 5 heteroatoms. The van der Waals surface area contributed by atoms with Crippen molar-refractivity contribution in [3.8, 4) is 0 Å². The molecule has 112 valence electrons. The van der Waals surface area contributed by atoms with Gasteiger partial charge in [-0.05, 0) is 37.7 Å². The average molecular weight is 291 g/mol.